The van der Waals surface area contributed by atoms with Gasteiger partial charge in [0.15, 0.2) is 0 Å². The Morgan fingerprint density at radius 2 is 2.00 bits per heavy atom. The fraction of sp³-hybridized carbons (Fsp3) is 0.176. The first kappa shape index (κ1) is 13.5. The van der Waals surface area contributed by atoms with Crippen LogP contribution in [0.15, 0.2) is 45.5 Å². The molecule has 1 unspecified atom stereocenters. The summed E-state index contributed by atoms with van der Waals surface area (Å²) in [6.07, 6.45) is 2.52. The highest BCUT2D eigenvalue weighted by Gasteiger charge is 2.30. The molecule has 0 bridgehead atoms. The normalized spacial score (nSPS) is 18.9. The van der Waals surface area contributed by atoms with Crippen molar-refractivity contribution in [1.82, 2.24) is 5.32 Å². The summed E-state index contributed by atoms with van der Waals surface area (Å²) in [6, 6.07) is 9.89. The molecule has 4 nitrogen and oxygen atoms in total. The van der Waals surface area contributed by atoms with Crippen LogP contribution >= 0.6 is 15.9 Å². The SMILES string of the molecule is O=C1CCC(c2coc3ccc4c(Br)cccc4c23)C(=O)N1. The van der Waals surface area contributed by atoms with Crippen LogP contribution in [0.5, 0.6) is 0 Å². The zero-order valence-corrected chi connectivity index (χ0v) is 13.1. The van der Waals surface area contributed by atoms with Crippen molar-refractivity contribution in [2.75, 3.05) is 0 Å². The number of hydrogen-bond acceptors (Lipinski definition) is 3. The van der Waals surface area contributed by atoms with Gasteiger partial charge in [-0.15, -0.1) is 0 Å². The first-order chi connectivity index (χ1) is 10.6. The van der Waals surface area contributed by atoms with Crippen LogP contribution in [0.4, 0.5) is 0 Å². The zero-order valence-electron chi connectivity index (χ0n) is 11.6. The Hall–Kier alpha value is -2.14. The molecule has 1 aromatic heterocycles. The molecule has 1 N–H and O–H groups in total. The molecule has 0 saturated carbocycles. The number of benzene rings is 2. The third kappa shape index (κ3) is 1.96. The number of amides is 2. The molecule has 1 atom stereocenters. The van der Waals surface area contributed by atoms with Gasteiger partial charge in [0, 0.05) is 21.8 Å². The topological polar surface area (TPSA) is 59.3 Å². The maximum atomic E-state index is 12.2. The lowest BCUT2D eigenvalue weighted by molar-refractivity contribution is -0.134. The lowest BCUT2D eigenvalue weighted by atomic mass is 9.89. The molecular formula is C17H12BrNO3. The van der Waals surface area contributed by atoms with Crippen LogP contribution in [0, 0.1) is 0 Å². The molecule has 2 aromatic carbocycles. The third-order valence-electron chi connectivity index (χ3n) is 4.19. The molecule has 1 saturated heterocycles. The van der Waals surface area contributed by atoms with E-state index in [1.54, 1.807) is 6.26 Å². The van der Waals surface area contributed by atoms with Gasteiger partial charge in [-0.2, -0.15) is 0 Å². The Balaban J connectivity index is 1.97. The first-order valence-electron chi connectivity index (χ1n) is 7.07. The molecule has 0 aliphatic carbocycles. The predicted octanol–water partition coefficient (Wildman–Crippen LogP) is 3.87. The quantitative estimate of drug-likeness (QED) is 0.672. The van der Waals surface area contributed by atoms with Crippen LogP contribution in [0.1, 0.15) is 24.3 Å². The van der Waals surface area contributed by atoms with E-state index in [2.05, 4.69) is 21.2 Å². The van der Waals surface area contributed by atoms with Crippen molar-refractivity contribution in [3.63, 3.8) is 0 Å². The number of fused-ring (bicyclic) bond motifs is 3. The summed E-state index contributed by atoms with van der Waals surface area (Å²) in [4.78, 5) is 23.5. The first-order valence-corrected chi connectivity index (χ1v) is 7.86. The summed E-state index contributed by atoms with van der Waals surface area (Å²) in [6.45, 7) is 0. The Morgan fingerprint density at radius 3 is 2.82 bits per heavy atom. The summed E-state index contributed by atoms with van der Waals surface area (Å²) in [5, 5.41) is 5.48. The molecule has 110 valence electrons. The summed E-state index contributed by atoms with van der Waals surface area (Å²) >= 11 is 3.56. The number of carbonyl (C=O) groups excluding carboxylic acids is 2. The number of halogens is 1. The standard InChI is InChI=1S/C17H12BrNO3/c18-13-3-1-2-10-9(13)4-6-14-16(10)12(8-22-14)11-5-7-15(20)19-17(11)21/h1-4,6,8,11H,5,7H2,(H,19,20,21). The summed E-state index contributed by atoms with van der Waals surface area (Å²) in [5.74, 6) is -0.795. The van der Waals surface area contributed by atoms with Crippen molar-refractivity contribution >= 4 is 49.5 Å². The van der Waals surface area contributed by atoms with Gasteiger partial charge in [-0.3, -0.25) is 14.9 Å². The van der Waals surface area contributed by atoms with Crippen LogP contribution in [0.2, 0.25) is 0 Å². The molecule has 2 amide bonds. The minimum absolute atomic E-state index is 0.207. The molecule has 1 fully saturated rings. The molecule has 1 aliphatic rings. The van der Waals surface area contributed by atoms with Crippen molar-refractivity contribution in [2.45, 2.75) is 18.8 Å². The molecular weight excluding hydrogens is 346 g/mol. The van der Waals surface area contributed by atoms with Gasteiger partial charge in [-0.05, 0) is 35.4 Å². The van der Waals surface area contributed by atoms with Crippen LogP contribution in [0.3, 0.4) is 0 Å². The van der Waals surface area contributed by atoms with Crippen molar-refractivity contribution in [1.29, 1.82) is 0 Å². The van der Waals surface area contributed by atoms with Gasteiger partial charge in [0.25, 0.3) is 0 Å². The molecule has 0 radical (unpaired) electrons. The number of nitrogens with one attached hydrogen (secondary N) is 1. The van der Waals surface area contributed by atoms with E-state index in [4.69, 9.17) is 4.42 Å². The average Bonchev–Trinajstić information content (AvgIpc) is 2.92. The minimum Gasteiger partial charge on any atom is -0.464 e. The van der Waals surface area contributed by atoms with Crippen LogP contribution in [-0.2, 0) is 9.59 Å². The number of hydrogen-bond donors (Lipinski definition) is 1. The maximum absolute atomic E-state index is 12.2. The molecule has 0 spiro atoms. The van der Waals surface area contributed by atoms with Crippen molar-refractivity contribution < 1.29 is 14.0 Å². The van der Waals surface area contributed by atoms with Crippen LogP contribution < -0.4 is 5.32 Å². The highest BCUT2D eigenvalue weighted by atomic mass is 79.9. The average molecular weight is 358 g/mol. The van der Waals surface area contributed by atoms with E-state index < -0.39 is 0 Å². The van der Waals surface area contributed by atoms with E-state index in [0.29, 0.717) is 12.8 Å². The maximum Gasteiger partial charge on any atom is 0.234 e. The van der Waals surface area contributed by atoms with Crippen molar-refractivity contribution in [3.05, 3.63) is 46.6 Å². The van der Waals surface area contributed by atoms with Crippen LogP contribution in [-0.4, -0.2) is 11.8 Å². The number of rotatable bonds is 1. The number of imide groups is 1. The highest BCUT2D eigenvalue weighted by Crippen LogP contribution is 2.38. The second kappa shape index (κ2) is 4.95. The van der Waals surface area contributed by atoms with E-state index >= 15 is 0 Å². The molecule has 2 heterocycles. The van der Waals surface area contributed by atoms with E-state index in [-0.39, 0.29) is 17.7 Å². The lowest BCUT2D eigenvalue weighted by Crippen LogP contribution is -2.39. The second-order valence-electron chi connectivity index (χ2n) is 5.47. The Labute approximate surface area is 134 Å². The summed E-state index contributed by atoms with van der Waals surface area (Å²) in [5.41, 5.74) is 1.61. The number of carbonyl (C=O) groups is 2. The number of furan rings is 1. The third-order valence-corrected chi connectivity index (χ3v) is 4.88. The van der Waals surface area contributed by atoms with E-state index in [0.717, 1.165) is 31.8 Å². The predicted molar refractivity (Wildman–Crippen MR) is 86.5 cm³/mol. The molecule has 1 aliphatic heterocycles. The second-order valence-corrected chi connectivity index (χ2v) is 6.32. The Kier molecular flexibility index (Phi) is 3.04. The molecule has 22 heavy (non-hydrogen) atoms. The lowest BCUT2D eigenvalue weighted by Gasteiger charge is -2.20. The van der Waals surface area contributed by atoms with Gasteiger partial charge in [0.1, 0.15) is 5.58 Å². The zero-order chi connectivity index (χ0) is 15.3. The van der Waals surface area contributed by atoms with Gasteiger partial charge in [0.05, 0.1) is 12.2 Å². The molecule has 4 rings (SSSR count). The summed E-state index contributed by atoms with van der Waals surface area (Å²) < 4.78 is 6.65. The van der Waals surface area contributed by atoms with Crippen molar-refractivity contribution in [3.8, 4) is 0 Å². The van der Waals surface area contributed by atoms with Gasteiger partial charge >= 0.3 is 0 Å². The van der Waals surface area contributed by atoms with E-state index in [1.807, 2.05) is 30.3 Å². The van der Waals surface area contributed by atoms with Crippen molar-refractivity contribution in [2.24, 2.45) is 0 Å². The van der Waals surface area contributed by atoms with Gasteiger partial charge in [-0.1, -0.05) is 28.1 Å². The van der Waals surface area contributed by atoms with Gasteiger partial charge < -0.3 is 4.42 Å². The van der Waals surface area contributed by atoms with Crippen LogP contribution in [0.25, 0.3) is 21.7 Å². The highest BCUT2D eigenvalue weighted by molar-refractivity contribution is 9.10. The smallest absolute Gasteiger partial charge is 0.234 e. The van der Waals surface area contributed by atoms with Gasteiger partial charge in [0.2, 0.25) is 11.8 Å². The Morgan fingerprint density at radius 1 is 1.14 bits per heavy atom. The van der Waals surface area contributed by atoms with E-state index in [9.17, 15) is 9.59 Å². The fourth-order valence-electron chi connectivity index (χ4n) is 3.13. The summed E-state index contributed by atoms with van der Waals surface area (Å²) in [7, 11) is 0. The minimum atomic E-state index is -0.344. The Bertz CT molecular complexity index is 928. The van der Waals surface area contributed by atoms with Gasteiger partial charge in [-0.25, -0.2) is 0 Å². The molecule has 5 heteroatoms. The fourth-order valence-corrected chi connectivity index (χ4v) is 3.63. The molecule has 3 aromatic rings. The van der Waals surface area contributed by atoms with E-state index in [1.165, 1.54) is 0 Å². The largest absolute Gasteiger partial charge is 0.464 e. The number of piperidine rings is 1. The monoisotopic (exact) mass is 357 g/mol.